The van der Waals surface area contributed by atoms with Gasteiger partial charge in [0.2, 0.25) is 0 Å². The number of thiophene rings is 1. The van der Waals surface area contributed by atoms with Gasteiger partial charge in [0.25, 0.3) is 10.0 Å². The molecule has 0 atom stereocenters. The molecule has 152 valence electrons. The van der Waals surface area contributed by atoms with Gasteiger partial charge in [-0.25, -0.2) is 8.42 Å². The van der Waals surface area contributed by atoms with Crippen LogP contribution in [-0.2, 0) is 26.0 Å². The van der Waals surface area contributed by atoms with E-state index in [1.54, 1.807) is 19.1 Å². The molecule has 3 rings (SSSR count). The molecule has 1 aromatic carbocycles. The van der Waals surface area contributed by atoms with Crippen LogP contribution in [0, 0.1) is 12.3 Å². The summed E-state index contributed by atoms with van der Waals surface area (Å²) in [5.74, 6) is -0.279. The quantitative estimate of drug-likeness (QED) is 0.627. The molecule has 0 unspecified atom stereocenters. The van der Waals surface area contributed by atoms with Crippen LogP contribution < -0.4 is 0 Å². The average molecular weight is 442 g/mol. The molecule has 0 radical (unpaired) electrons. The fraction of sp³-hybridized carbons (Fsp3) is 0.450. The molecule has 1 aliphatic heterocycles. The number of aryl methyl sites for hydroxylation is 1. The van der Waals surface area contributed by atoms with Gasteiger partial charge >= 0.3 is 5.97 Å². The lowest BCUT2D eigenvalue weighted by atomic mass is 9.74. The molecule has 0 saturated carbocycles. The van der Waals surface area contributed by atoms with Crippen LogP contribution in [0.5, 0.6) is 0 Å². The van der Waals surface area contributed by atoms with Crippen molar-refractivity contribution in [3.63, 3.8) is 0 Å². The minimum absolute atomic E-state index is 0.279. The van der Waals surface area contributed by atoms with E-state index in [4.69, 9.17) is 16.3 Å². The highest BCUT2D eigenvalue weighted by Crippen LogP contribution is 2.40. The summed E-state index contributed by atoms with van der Waals surface area (Å²) in [6.07, 6.45) is 1.25. The van der Waals surface area contributed by atoms with Crippen LogP contribution in [0.1, 0.15) is 30.9 Å². The van der Waals surface area contributed by atoms with Gasteiger partial charge in [0.1, 0.15) is 4.21 Å². The van der Waals surface area contributed by atoms with Gasteiger partial charge in [0, 0.05) is 18.1 Å². The number of esters is 1. The minimum Gasteiger partial charge on any atom is -0.466 e. The van der Waals surface area contributed by atoms with Gasteiger partial charge in [0.05, 0.1) is 12.0 Å². The maximum atomic E-state index is 12.9. The normalized spacial score (nSPS) is 17.4. The van der Waals surface area contributed by atoms with Gasteiger partial charge in [-0.2, -0.15) is 4.31 Å². The molecule has 1 fully saturated rings. The maximum absolute atomic E-state index is 12.9. The first-order chi connectivity index (χ1) is 13.3. The van der Waals surface area contributed by atoms with Gasteiger partial charge in [-0.05, 0) is 61.7 Å². The maximum Gasteiger partial charge on any atom is 0.312 e. The molecule has 1 saturated heterocycles. The Kier molecular flexibility index (Phi) is 6.49. The van der Waals surface area contributed by atoms with Crippen molar-refractivity contribution < 1.29 is 17.9 Å². The number of hydrogen-bond acceptors (Lipinski definition) is 5. The van der Waals surface area contributed by atoms with E-state index in [2.05, 4.69) is 0 Å². The largest absolute Gasteiger partial charge is 0.466 e. The number of ether oxygens (including phenoxy) is 1. The molecule has 0 amide bonds. The van der Waals surface area contributed by atoms with Crippen molar-refractivity contribution >= 4 is 38.9 Å². The fourth-order valence-corrected chi connectivity index (χ4v) is 6.59. The third-order valence-electron chi connectivity index (χ3n) is 5.18. The van der Waals surface area contributed by atoms with Crippen LogP contribution >= 0.6 is 22.9 Å². The number of sulfonamides is 1. The number of halogens is 1. The van der Waals surface area contributed by atoms with Crippen molar-refractivity contribution in [1.29, 1.82) is 0 Å². The molecule has 0 aliphatic carbocycles. The summed E-state index contributed by atoms with van der Waals surface area (Å²) < 4.78 is 33.0. The van der Waals surface area contributed by atoms with Gasteiger partial charge in [-0.3, -0.25) is 4.79 Å². The highest BCUT2D eigenvalue weighted by atomic mass is 35.5. The van der Waals surface area contributed by atoms with Crippen LogP contribution in [0.3, 0.4) is 0 Å². The Labute approximate surface area is 175 Å². The topological polar surface area (TPSA) is 63.7 Å². The smallest absolute Gasteiger partial charge is 0.312 e. The van der Waals surface area contributed by atoms with E-state index in [9.17, 15) is 13.2 Å². The van der Waals surface area contributed by atoms with Crippen LogP contribution in [0.15, 0.2) is 39.9 Å². The first-order valence-corrected chi connectivity index (χ1v) is 11.9. The van der Waals surface area contributed by atoms with Gasteiger partial charge < -0.3 is 4.74 Å². The second-order valence-corrected chi connectivity index (χ2v) is 10.6. The number of nitrogens with zero attached hydrogens (tertiary/aromatic N) is 1. The molecule has 5 nitrogen and oxygen atoms in total. The first kappa shape index (κ1) is 21.3. The average Bonchev–Trinajstić information content (AvgIpc) is 3.11. The van der Waals surface area contributed by atoms with Crippen molar-refractivity contribution in [1.82, 2.24) is 4.31 Å². The summed E-state index contributed by atoms with van der Waals surface area (Å²) >= 11 is 7.54. The molecule has 8 heteroatoms. The van der Waals surface area contributed by atoms with E-state index >= 15 is 0 Å². The number of rotatable bonds is 6. The third kappa shape index (κ3) is 4.27. The lowest BCUT2D eigenvalue weighted by Gasteiger charge is -2.39. The van der Waals surface area contributed by atoms with Crippen molar-refractivity contribution in [3.05, 3.63) is 51.9 Å². The number of benzene rings is 1. The van der Waals surface area contributed by atoms with Crippen molar-refractivity contribution in [2.24, 2.45) is 5.41 Å². The number of piperidine rings is 1. The summed E-state index contributed by atoms with van der Waals surface area (Å²) in [4.78, 5) is 12.8. The number of carbonyl (C=O) groups excluding carboxylic acids is 1. The third-order valence-corrected chi connectivity index (χ3v) is 8.98. The van der Waals surface area contributed by atoms with E-state index < -0.39 is 15.4 Å². The summed E-state index contributed by atoms with van der Waals surface area (Å²) in [5.41, 5.74) is 1.04. The van der Waals surface area contributed by atoms with Crippen LogP contribution in [0.2, 0.25) is 5.02 Å². The monoisotopic (exact) mass is 441 g/mol. The lowest BCUT2D eigenvalue weighted by molar-refractivity contribution is -0.158. The Balaban J connectivity index is 1.83. The second kappa shape index (κ2) is 8.53. The second-order valence-electron chi connectivity index (χ2n) is 7.12. The molecule has 1 aliphatic rings. The molecular weight excluding hydrogens is 418 g/mol. The molecule has 2 aromatic rings. The highest BCUT2D eigenvalue weighted by Gasteiger charge is 2.45. The summed E-state index contributed by atoms with van der Waals surface area (Å²) in [7, 11) is -3.54. The Morgan fingerprint density at radius 2 is 1.96 bits per heavy atom. The van der Waals surface area contributed by atoms with E-state index in [0.717, 1.165) is 11.1 Å². The summed E-state index contributed by atoms with van der Waals surface area (Å²) in [5, 5.41) is 2.44. The van der Waals surface area contributed by atoms with E-state index in [0.29, 0.717) is 35.1 Å². The van der Waals surface area contributed by atoms with E-state index in [1.807, 2.05) is 30.5 Å². The fourth-order valence-electron chi connectivity index (χ4n) is 3.57. The van der Waals surface area contributed by atoms with Crippen molar-refractivity contribution in [3.8, 4) is 0 Å². The molecule has 0 N–H and O–H groups in total. The molecule has 0 bridgehead atoms. The molecular formula is C20H24ClNO4S2. The van der Waals surface area contributed by atoms with E-state index in [1.165, 1.54) is 15.6 Å². The first-order valence-electron chi connectivity index (χ1n) is 9.24. The summed E-state index contributed by atoms with van der Waals surface area (Å²) in [6, 6.07) is 9.13. The molecule has 1 aromatic heterocycles. The minimum atomic E-state index is -3.54. The number of hydrogen-bond donors (Lipinski definition) is 0. The summed E-state index contributed by atoms with van der Waals surface area (Å²) in [6.45, 7) is 4.51. The Morgan fingerprint density at radius 1 is 1.29 bits per heavy atom. The SMILES string of the molecule is CCOC(=O)C1(Cc2ccccc2Cl)CCN(S(=O)(=O)c2cc(C)cs2)CC1. The zero-order valence-corrected chi connectivity index (χ0v) is 18.4. The van der Waals surface area contributed by atoms with Gasteiger partial charge in [-0.1, -0.05) is 29.8 Å². The van der Waals surface area contributed by atoms with Gasteiger partial charge in [-0.15, -0.1) is 11.3 Å². The van der Waals surface area contributed by atoms with E-state index in [-0.39, 0.29) is 19.1 Å². The van der Waals surface area contributed by atoms with Crippen LogP contribution in [0.25, 0.3) is 0 Å². The molecule has 28 heavy (non-hydrogen) atoms. The highest BCUT2D eigenvalue weighted by molar-refractivity contribution is 7.91. The predicted molar refractivity (Wildman–Crippen MR) is 111 cm³/mol. The van der Waals surface area contributed by atoms with Crippen LogP contribution in [0.4, 0.5) is 0 Å². The van der Waals surface area contributed by atoms with Crippen molar-refractivity contribution in [2.45, 2.75) is 37.3 Å². The number of carbonyl (C=O) groups is 1. The zero-order valence-electron chi connectivity index (χ0n) is 16.0. The Bertz CT molecular complexity index is 947. The Morgan fingerprint density at radius 3 is 2.54 bits per heavy atom. The Hall–Kier alpha value is -1.41. The predicted octanol–water partition coefficient (Wildman–Crippen LogP) is 4.29. The molecule has 2 heterocycles. The standard InChI is InChI=1S/C20H24ClNO4S2/c1-3-26-19(23)20(13-16-6-4-5-7-17(16)21)8-10-22(11-9-20)28(24,25)18-12-15(2)14-27-18/h4-7,12,14H,3,8-11,13H2,1-2H3. The lowest BCUT2D eigenvalue weighted by Crippen LogP contribution is -2.48. The molecule has 0 spiro atoms. The zero-order chi connectivity index (χ0) is 20.4. The van der Waals surface area contributed by atoms with Crippen LogP contribution in [-0.4, -0.2) is 38.4 Å². The van der Waals surface area contributed by atoms with Gasteiger partial charge in [0.15, 0.2) is 0 Å². The van der Waals surface area contributed by atoms with Crippen molar-refractivity contribution in [2.75, 3.05) is 19.7 Å².